The fourth-order valence-electron chi connectivity index (χ4n) is 2.05. The Kier molecular flexibility index (Phi) is 4.75. The molecule has 0 fully saturated rings. The number of nitrogen functional groups attached to an aromatic ring is 1. The molecular weight excluding hydrogens is 311 g/mol. The SMILES string of the molecule is CCc1nn(C)cc1CNC(=O)c1cc(N)c(Cl)c(Cl)c1. The number of aromatic nitrogens is 2. The fraction of sp³-hybridized carbons (Fsp3) is 0.286. The van der Waals surface area contributed by atoms with Gasteiger partial charge in [0.15, 0.2) is 0 Å². The molecule has 2 aromatic rings. The average Bonchev–Trinajstić information content (AvgIpc) is 2.81. The van der Waals surface area contributed by atoms with Crippen LogP contribution in [0.25, 0.3) is 0 Å². The van der Waals surface area contributed by atoms with Gasteiger partial charge in [0, 0.05) is 30.9 Å². The summed E-state index contributed by atoms with van der Waals surface area (Å²) in [5.41, 5.74) is 8.32. The molecule has 0 radical (unpaired) electrons. The van der Waals surface area contributed by atoms with Gasteiger partial charge in [0.1, 0.15) is 0 Å². The Balaban J connectivity index is 2.11. The first kappa shape index (κ1) is 15.7. The fourth-order valence-corrected chi connectivity index (χ4v) is 2.38. The number of halogens is 2. The van der Waals surface area contributed by atoms with Crippen LogP contribution in [-0.2, 0) is 20.0 Å². The first-order valence-electron chi connectivity index (χ1n) is 6.46. The summed E-state index contributed by atoms with van der Waals surface area (Å²) >= 11 is 11.8. The summed E-state index contributed by atoms with van der Waals surface area (Å²) in [7, 11) is 1.85. The maximum atomic E-state index is 12.1. The number of aryl methyl sites for hydroxylation is 2. The molecule has 0 unspecified atom stereocenters. The molecule has 112 valence electrons. The molecule has 1 heterocycles. The molecule has 0 spiro atoms. The van der Waals surface area contributed by atoms with Crippen LogP contribution in [0.4, 0.5) is 5.69 Å². The number of anilines is 1. The van der Waals surface area contributed by atoms with Crippen molar-refractivity contribution >= 4 is 34.8 Å². The summed E-state index contributed by atoms with van der Waals surface area (Å²) < 4.78 is 1.73. The summed E-state index contributed by atoms with van der Waals surface area (Å²) in [6, 6.07) is 3.01. The molecule has 0 aliphatic rings. The molecule has 0 aliphatic heterocycles. The zero-order valence-electron chi connectivity index (χ0n) is 11.8. The lowest BCUT2D eigenvalue weighted by Crippen LogP contribution is -2.23. The third-order valence-electron chi connectivity index (χ3n) is 3.08. The summed E-state index contributed by atoms with van der Waals surface area (Å²) in [6.45, 7) is 2.42. The van der Waals surface area contributed by atoms with Gasteiger partial charge in [-0.15, -0.1) is 0 Å². The number of nitrogens with zero attached hydrogens (tertiary/aromatic N) is 2. The van der Waals surface area contributed by atoms with Crippen molar-refractivity contribution in [2.45, 2.75) is 19.9 Å². The van der Waals surface area contributed by atoms with Crippen LogP contribution >= 0.6 is 23.2 Å². The lowest BCUT2D eigenvalue weighted by Gasteiger charge is -2.08. The molecule has 5 nitrogen and oxygen atoms in total. The van der Waals surface area contributed by atoms with Crippen molar-refractivity contribution in [1.29, 1.82) is 0 Å². The molecule has 21 heavy (non-hydrogen) atoms. The van der Waals surface area contributed by atoms with Crippen molar-refractivity contribution in [2.24, 2.45) is 7.05 Å². The van der Waals surface area contributed by atoms with E-state index in [2.05, 4.69) is 10.4 Å². The first-order chi connectivity index (χ1) is 9.92. The van der Waals surface area contributed by atoms with E-state index in [0.717, 1.165) is 17.7 Å². The molecule has 0 bridgehead atoms. The van der Waals surface area contributed by atoms with Gasteiger partial charge in [-0.25, -0.2) is 0 Å². The second kappa shape index (κ2) is 6.37. The Labute approximate surface area is 133 Å². The predicted octanol–water partition coefficient (Wildman–Crippen LogP) is 2.80. The van der Waals surface area contributed by atoms with Gasteiger partial charge in [0.2, 0.25) is 0 Å². The molecule has 1 aromatic carbocycles. The van der Waals surface area contributed by atoms with Crippen LogP contribution in [0.1, 0.15) is 28.5 Å². The van der Waals surface area contributed by atoms with E-state index in [1.165, 1.54) is 12.1 Å². The molecule has 7 heteroatoms. The summed E-state index contributed by atoms with van der Waals surface area (Å²) in [5.74, 6) is -0.258. The van der Waals surface area contributed by atoms with Gasteiger partial charge >= 0.3 is 0 Å². The van der Waals surface area contributed by atoms with Crippen molar-refractivity contribution in [3.8, 4) is 0 Å². The zero-order chi connectivity index (χ0) is 15.6. The molecule has 0 saturated carbocycles. The highest BCUT2D eigenvalue weighted by molar-refractivity contribution is 6.43. The van der Waals surface area contributed by atoms with Crippen LogP contribution in [0.3, 0.4) is 0 Å². The van der Waals surface area contributed by atoms with Crippen molar-refractivity contribution in [2.75, 3.05) is 5.73 Å². The normalized spacial score (nSPS) is 10.7. The monoisotopic (exact) mass is 326 g/mol. The second-order valence-electron chi connectivity index (χ2n) is 4.67. The highest BCUT2D eigenvalue weighted by Crippen LogP contribution is 2.29. The maximum Gasteiger partial charge on any atom is 0.251 e. The Morgan fingerprint density at radius 1 is 1.43 bits per heavy atom. The van der Waals surface area contributed by atoms with Gasteiger partial charge in [0.05, 0.1) is 21.4 Å². The minimum absolute atomic E-state index is 0.258. The van der Waals surface area contributed by atoms with Gasteiger partial charge in [-0.3, -0.25) is 9.48 Å². The summed E-state index contributed by atoms with van der Waals surface area (Å²) in [6.07, 6.45) is 2.70. The van der Waals surface area contributed by atoms with E-state index in [-0.39, 0.29) is 21.6 Å². The minimum Gasteiger partial charge on any atom is -0.397 e. The highest BCUT2D eigenvalue weighted by atomic mass is 35.5. The van der Waals surface area contributed by atoms with E-state index in [9.17, 15) is 4.79 Å². The Bertz CT molecular complexity index is 659. The van der Waals surface area contributed by atoms with Gasteiger partial charge in [-0.1, -0.05) is 30.1 Å². The number of nitrogens with two attached hydrogens (primary N) is 1. The molecule has 1 amide bonds. The van der Waals surface area contributed by atoms with Crippen LogP contribution in [0, 0.1) is 0 Å². The zero-order valence-corrected chi connectivity index (χ0v) is 13.3. The molecule has 3 N–H and O–H groups in total. The topological polar surface area (TPSA) is 72.9 Å². The summed E-state index contributed by atoms with van der Waals surface area (Å²) in [5, 5.41) is 7.67. The minimum atomic E-state index is -0.258. The lowest BCUT2D eigenvalue weighted by atomic mass is 10.1. The number of hydrogen-bond acceptors (Lipinski definition) is 3. The van der Waals surface area contributed by atoms with E-state index in [1.54, 1.807) is 4.68 Å². The van der Waals surface area contributed by atoms with Gasteiger partial charge in [-0.05, 0) is 18.6 Å². The van der Waals surface area contributed by atoms with Crippen molar-refractivity contribution in [1.82, 2.24) is 15.1 Å². The highest BCUT2D eigenvalue weighted by Gasteiger charge is 2.12. The van der Waals surface area contributed by atoms with E-state index < -0.39 is 0 Å². The quantitative estimate of drug-likeness (QED) is 0.848. The van der Waals surface area contributed by atoms with E-state index in [4.69, 9.17) is 28.9 Å². The van der Waals surface area contributed by atoms with Crippen LogP contribution < -0.4 is 11.1 Å². The molecule has 1 aromatic heterocycles. The summed E-state index contributed by atoms with van der Waals surface area (Å²) in [4.78, 5) is 12.1. The molecule has 0 saturated heterocycles. The third-order valence-corrected chi connectivity index (χ3v) is 3.90. The van der Waals surface area contributed by atoms with Gasteiger partial charge in [-0.2, -0.15) is 5.10 Å². The molecular formula is C14H16Cl2N4O. The largest absolute Gasteiger partial charge is 0.397 e. The van der Waals surface area contributed by atoms with Gasteiger partial charge < -0.3 is 11.1 Å². The molecule has 0 atom stereocenters. The number of nitrogens with one attached hydrogen (secondary N) is 1. The number of carbonyl (C=O) groups is 1. The number of amides is 1. The Morgan fingerprint density at radius 2 is 2.14 bits per heavy atom. The van der Waals surface area contributed by atoms with E-state index >= 15 is 0 Å². The smallest absolute Gasteiger partial charge is 0.251 e. The maximum absolute atomic E-state index is 12.1. The van der Waals surface area contributed by atoms with Gasteiger partial charge in [0.25, 0.3) is 5.91 Å². The van der Waals surface area contributed by atoms with Crippen molar-refractivity contribution in [3.05, 3.63) is 45.2 Å². The van der Waals surface area contributed by atoms with Crippen molar-refractivity contribution < 1.29 is 4.79 Å². The van der Waals surface area contributed by atoms with Crippen LogP contribution in [0.15, 0.2) is 18.3 Å². The number of benzene rings is 1. The predicted molar refractivity (Wildman–Crippen MR) is 84.6 cm³/mol. The van der Waals surface area contributed by atoms with E-state index in [1.807, 2.05) is 20.2 Å². The Hall–Kier alpha value is -1.72. The molecule has 0 aliphatic carbocycles. The third kappa shape index (κ3) is 3.49. The average molecular weight is 327 g/mol. The number of hydrogen-bond donors (Lipinski definition) is 2. The van der Waals surface area contributed by atoms with Crippen molar-refractivity contribution in [3.63, 3.8) is 0 Å². The standard InChI is InChI=1S/C14H16Cl2N4O/c1-3-12-9(7-20(2)19-12)6-18-14(21)8-4-10(15)13(16)11(17)5-8/h4-5,7H,3,6,17H2,1-2H3,(H,18,21). The van der Waals surface area contributed by atoms with E-state index in [0.29, 0.717) is 12.1 Å². The number of carbonyl (C=O) groups excluding carboxylic acids is 1. The lowest BCUT2D eigenvalue weighted by molar-refractivity contribution is 0.0951. The van der Waals surface area contributed by atoms with Crippen LogP contribution in [0.2, 0.25) is 10.0 Å². The second-order valence-corrected chi connectivity index (χ2v) is 5.46. The van der Waals surface area contributed by atoms with Crippen LogP contribution in [-0.4, -0.2) is 15.7 Å². The number of rotatable bonds is 4. The van der Waals surface area contributed by atoms with Crippen LogP contribution in [0.5, 0.6) is 0 Å². The molecule has 2 rings (SSSR count). The first-order valence-corrected chi connectivity index (χ1v) is 7.22. The Morgan fingerprint density at radius 3 is 2.76 bits per heavy atom.